The molecule has 0 rings (SSSR count). The van der Waals surface area contributed by atoms with Crippen molar-refractivity contribution in [2.75, 3.05) is 0 Å². The zero-order valence-corrected chi connectivity index (χ0v) is 7.13. The first-order valence-corrected chi connectivity index (χ1v) is 3.48. The summed E-state index contributed by atoms with van der Waals surface area (Å²) >= 11 is 0. The standard InChI is InChI=1S/C7H14N2O2.H2/c1-4-7(2,3)6(8)9-11-5-10;/h5H,4H2,1-3H3,(H2,8,9);1H. The largest absolute Gasteiger partial charge is 0.384 e. The van der Waals surface area contributed by atoms with E-state index in [2.05, 4.69) is 9.99 Å². The van der Waals surface area contributed by atoms with Crippen molar-refractivity contribution in [2.24, 2.45) is 16.3 Å². The molecule has 0 aliphatic carbocycles. The van der Waals surface area contributed by atoms with Gasteiger partial charge in [-0.15, -0.1) is 0 Å². The van der Waals surface area contributed by atoms with Crippen LogP contribution >= 0.6 is 0 Å². The fraction of sp³-hybridized carbons (Fsp3) is 0.714. The lowest BCUT2D eigenvalue weighted by atomic mass is 9.89. The summed E-state index contributed by atoms with van der Waals surface area (Å²) in [6.07, 6.45) is 0.852. The van der Waals surface area contributed by atoms with Gasteiger partial charge in [-0.1, -0.05) is 25.9 Å². The fourth-order valence-electron chi connectivity index (χ4n) is 0.383. The van der Waals surface area contributed by atoms with Crippen LogP contribution in [0, 0.1) is 5.41 Å². The third-order valence-corrected chi connectivity index (χ3v) is 1.77. The Morgan fingerprint density at radius 3 is 2.73 bits per heavy atom. The third-order valence-electron chi connectivity index (χ3n) is 1.77. The van der Waals surface area contributed by atoms with Crippen molar-refractivity contribution in [3.63, 3.8) is 0 Å². The molecule has 0 bridgehead atoms. The monoisotopic (exact) mass is 160 g/mol. The van der Waals surface area contributed by atoms with Crippen LogP contribution in [0.5, 0.6) is 0 Å². The smallest absolute Gasteiger partial charge is 0.323 e. The number of carbonyl (C=O) groups excluding carboxylic acids is 1. The van der Waals surface area contributed by atoms with Gasteiger partial charge in [0.2, 0.25) is 0 Å². The second kappa shape index (κ2) is 3.95. The van der Waals surface area contributed by atoms with Crippen LogP contribution in [0.1, 0.15) is 28.6 Å². The number of nitrogens with zero attached hydrogens (tertiary/aromatic N) is 1. The number of oxime groups is 1. The molecule has 0 aromatic carbocycles. The highest BCUT2D eigenvalue weighted by Gasteiger charge is 2.20. The minimum Gasteiger partial charge on any atom is -0.384 e. The molecule has 0 aromatic heterocycles. The lowest BCUT2D eigenvalue weighted by Crippen LogP contribution is -2.31. The Labute approximate surface area is 67.9 Å². The van der Waals surface area contributed by atoms with Crippen molar-refractivity contribution >= 4 is 12.3 Å². The van der Waals surface area contributed by atoms with Gasteiger partial charge in [0.1, 0.15) is 5.84 Å². The van der Waals surface area contributed by atoms with E-state index in [0.29, 0.717) is 5.84 Å². The maximum Gasteiger partial charge on any atom is 0.323 e. The summed E-state index contributed by atoms with van der Waals surface area (Å²) in [5.74, 6) is 0.340. The first-order chi connectivity index (χ1) is 5.04. The minimum atomic E-state index is -0.205. The number of rotatable bonds is 4. The molecular formula is C7H16N2O2. The average Bonchev–Trinajstić information content (AvgIpc) is 2.00. The Hall–Kier alpha value is -1.06. The van der Waals surface area contributed by atoms with Crippen LogP contribution in [0.2, 0.25) is 0 Å². The molecule has 0 saturated heterocycles. The molecule has 4 heteroatoms. The molecule has 4 nitrogen and oxygen atoms in total. The van der Waals surface area contributed by atoms with Gasteiger partial charge in [-0.3, -0.25) is 4.79 Å². The molecule has 0 amide bonds. The number of hydrogen-bond donors (Lipinski definition) is 1. The number of nitrogens with two attached hydrogens (primary N) is 1. The Kier molecular flexibility index (Phi) is 3.57. The second-order valence-electron chi connectivity index (χ2n) is 2.92. The van der Waals surface area contributed by atoms with Crippen LogP contribution in [0.3, 0.4) is 0 Å². The molecule has 0 spiro atoms. The molecule has 0 radical (unpaired) electrons. The highest BCUT2D eigenvalue weighted by molar-refractivity contribution is 5.85. The van der Waals surface area contributed by atoms with Gasteiger partial charge in [-0.05, 0) is 6.42 Å². The normalized spacial score (nSPS) is 12.8. The fourth-order valence-corrected chi connectivity index (χ4v) is 0.383. The average molecular weight is 160 g/mol. The molecule has 2 N–H and O–H groups in total. The number of carbonyl (C=O) groups is 1. The maximum absolute atomic E-state index is 9.74. The quantitative estimate of drug-likeness (QED) is 0.220. The summed E-state index contributed by atoms with van der Waals surface area (Å²) in [6.45, 7) is 6.10. The van der Waals surface area contributed by atoms with E-state index < -0.39 is 0 Å². The Morgan fingerprint density at radius 2 is 2.36 bits per heavy atom. The zero-order valence-electron chi connectivity index (χ0n) is 7.13. The molecular weight excluding hydrogens is 144 g/mol. The van der Waals surface area contributed by atoms with Crippen molar-refractivity contribution in [1.29, 1.82) is 0 Å². The molecule has 0 heterocycles. The first kappa shape index (κ1) is 9.94. The summed E-state index contributed by atoms with van der Waals surface area (Å²) in [4.78, 5) is 13.9. The van der Waals surface area contributed by atoms with E-state index in [9.17, 15) is 4.79 Å². The van der Waals surface area contributed by atoms with Gasteiger partial charge in [0.25, 0.3) is 0 Å². The van der Waals surface area contributed by atoms with E-state index in [0.717, 1.165) is 6.42 Å². The summed E-state index contributed by atoms with van der Waals surface area (Å²) in [6, 6.07) is 0. The lowest BCUT2D eigenvalue weighted by molar-refractivity contribution is -0.128. The van der Waals surface area contributed by atoms with Gasteiger partial charge in [0.15, 0.2) is 0 Å². The molecule has 0 unspecified atom stereocenters. The van der Waals surface area contributed by atoms with Crippen LogP contribution in [0.25, 0.3) is 0 Å². The SMILES string of the molecule is CCC(C)(C)/C(N)=N/OC=O.[HH]. The van der Waals surface area contributed by atoms with Crippen molar-refractivity contribution in [3.05, 3.63) is 0 Å². The molecule has 0 atom stereocenters. The van der Waals surface area contributed by atoms with E-state index in [1.165, 1.54) is 0 Å². The predicted molar refractivity (Wildman–Crippen MR) is 45.0 cm³/mol. The Balaban J connectivity index is 0. The van der Waals surface area contributed by atoms with Gasteiger partial charge in [0.05, 0.1) is 0 Å². The van der Waals surface area contributed by atoms with Crippen LogP contribution in [-0.2, 0) is 9.63 Å². The molecule has 66 valence electrons. The highest BCUT2D eigenvalue weighted by Crippen LogP contribution is 2.19. The molecule has 0 aliphatic rings. The van der Waals surface area contributed by atoms with Gasteiger partial charge >= 0.3 is 6.47 Å². The Bertz CT molecular complexity index is 169. The van der Waals surface area contributed by atoms with Crippen molar-refractivity contribution < 1.29 is 11.1 Å². The van der Waals surface area contributed by atoms with E-state index in [4.69, 9.17) is 5.73 Å². The molecule has 11 heavy (non-hydrogen) atoms. The first-order valence-electron chi connectivity index (χ1n) is 3.48. The third kappa shape index (κ3) is 3.02. The van der Waals surface area contributed by atoms with Crippen LogP contribution in [-0.4, -0.2) is 12.3 Å². The second-order valence-corrected chi connectivity index (χ2v) is 2.92. The minimum absolute atomic E-state index is 0. The molecule has 0 aromatic rings. The van der Waals surface area contributed by atoms with E-state index in [-0.39, 0.29) is 13.3 Å². The highest BCUT2D eigenvalue weighted by atomic mass is 16.7. The van der Waals surface area contributed by atoms with Crippen molar-refractivity contribution in [2.45, 2.75) is 27.2 Å². The maximum atomic E-state index is 9.74. The lowest BCUT2D eigenvalue weighted by Gasteiger charge is -2.19. The van der Waals surface area contributed by atoms with E-state index in [1.54, 1.807) is 0 Å². The topological polar surface area (TPSA) is 64.7 Å². The summed E-state index contributed by atoms with van der Waals surface area (Å²) in [5.41, 5.74) is 5.31. The Morgan fingerprint density at radius 1 is 1.82 bits per heavy atom. The zero-order chi connectivity index (χ0) is 8.91. The van der Waals surface area contributed by atoms with Crippen LogP contribution in [0.15, 0.2) is 5.16 Å². The summed E-state index contributed by atoms with van der Waals surface area (Å²) < 4.78 is 0. The molecule has 0 aliphatic heterocycles. The number of amidine groups is 1. The van der Waals surface area contributed by atoms with Crippen LogP contribution < -0.4 is 5.73 Å². The summed E-state index contributed by atoms with van der Waals surface area (Å²) in [7, 11) is 0. The molecule has 0 fully saturated rings. The van der Waals surface area contributed by atoms with Gasteiger partial charge in [0, 0.05) is 6.84 Å². The number of hydrogen-bond acceptors (Lipinski definition) is 3. The summed E-state index contributed by atoms with van der Waals surface area (Å²) in [5, 5.41) is 3.41. The van der Waals surface area contributed by atoms with E-state index >= 15 is 0 Å². The predicted octanol–water partition coefficient (Wildman–Crippen LogP) is 1.11. The van der Waals surface area contributed by atoms with Crippen LogP contribution in [0.4, 0.5) is 0 Å². The van der Waals surface area contributed by atoms with Gasteiger partial charge < -0.3 is 10.6 Å². The van der Waals surface area contributed by atoms with E-state index in [1.807, 2.05) is 20.8 Å². The van der Waals surface area contributed by atoms with Crippen molar-refractivity contribution in [3.8, 4) is 0 Å². The van der Waals surface area contributed by atoms with Gasteiger partial charge in [-0.2, -0.15) is 0 Å². The van der Waals surface area contributed by atoms with Gasteiger partial charge in [-0.25, -0.2) is 0 Å². The van der Waals surface area contributed by atoms with Crippen molar-refractivity contribution in [1.82, 2.24) is 0 Å². The molecule has 0 saturated carbocycles.